The van der Waals surface area contributed by atoms with Crippen LogP contribution in [0.4, 0.5) is 16.2 Å². The van der Waals surface area contributed by atoms with Gasteiger partial charge in [0, 0.05) is 41.1 Å². The van der Waals surface area contributed by atoms with Gasteiger partial charge in [0.15, 0.2) is 11.5 Å². The van der Waals surface area contributed by atoms with E-state index in [2.05, 4.69) is 21.3 Å². The summed E-state index contributed by atoms with van der Waals surface area (Å²) >= 11 is 0. The molecule has 2 saturated heterocycles. The van der Waals surface area contributed by atoms with Gasteiger partial charge in [-0.2, -0.15) is 0 Å². The number of piperidine rings is 1. The van der Waals surface area contributed by atoms with Crippen LogP contribution in [0.1, 0.15) is 62.7 Å². The Morgan fingerprint density at radius 1 is 0.833 bits per heavy atom. The number of benzene rings is 3. The minimum Gasteiger partial charge on any atom is -0.493 e. The lowest BCUT2D eigenvalue weighted by Gasteiger charge is -2.29. The molecular formula is C33H40N4O5. The third-order valence-corrected chi connectivity index (χ3v) is 7.93. The molecule has 2 fully saturated rings. The maximum atomic E-state index is 12.8. The number of fused-ring (bicyclic) bond motifs is 2. The van der Waals surface area contributed by atoms with Gasteiger partial charge in [-0.25, -0.2) is 4.79 Å². The van der Waals surface area contributed by atoms with Crippen LogP contribution in [0, 0.1) is 0 Å². The first-order valence-electron chi connectivity index (χ1n) is 14.8. The Morgan fingerprint density at radius 3 is 2.12 bits per heavy atom. The largest absolute Gasteiger partial charge is 0.493 e. The van der Waals surface area contributed by atoms with Gasteiger partial charge in [0.25, 0.3) is 5.91 Å². The number of urea groups is 1. The number of carbonyl (C=O) groups is 2. The molecular weight excluding hydrogens is 532 g/mol. The van der Waals surface area contributed by atoms with Crippen LogP contribution < -0.4 is 35.5 Å². The standard InChI is InChI=1S/C33H40N4O5/c1-4-22(5-2)36-33(39)37-26-12-17-30(31(20-26)40-3)42-28-15-10-23(11-16-28)35-32(38)21-6-13-27(14-7-21)41-29-18-24-8-9-25(19-29)34-24/h6-7,10-17,20,22,24-25,29,34H,4-5,8-9,18-19H2,1-3H3,(H,35,38)(H2,36,37,39). The Labute approximate surface area is 247 Å². The van der Waals surface area contributed by atoms with Crippen molar-refractivity contribution in [3.05, 3.63) is 72.3 Å². The van der Waals surface area contributed by atoms with Gasteiger partial charge in [-0.05, 0) is 99.2 Å². The molecule has 2 unspecified atom stereocenters. The summed E-state index contributed by atoms with van der Waals surface area (Å²) in [5.74, 6) is 2.15. The monoisotopic (exact) mass is 572 g/mol. The number of carbonyl (C=O) groups excluding carboxylic acids is 2. The number of rotatable bonds is 11. The highest BCUT2D eigenvalue weighted by Crippen LogP contribution is 2.34. The third kappa shape index (κ3) is 7.53. The number of hydrogen-bond donors (Lipinski definition) is 4. The summed E-state index contributed by atoms with van der Waals surface area (Å²) < 4.78 is 17.7. The second-order valence-corrected chi connectivity index (χ2v) is 10.9. The quantitative estimate of drug-likeness (QED) is 0.203. The van der Waals surface area contributed by atoms with Gasteiger partial charge in [-0.1, -0.05) is 13.8 Å². The summed E-state index contributed by atoms with van der Waals surface area (Å²) in [5, 5.41) is 12.3. The lowest BCUT2D eigenvalue weighted by atomic mass is 10.0. The lowest BCUT2D eigenvalue weighted by Crippen LogP contribution is -2.42. The third-order valence-electron chi connectivity index (χ3n) is 7.93. The van der Waals surface area contributed by atoms with Gasteiger partial charge in [0.1, 0.15) is 17.6 Å². The maximum Gasteiger partial charge on any atom is 0.319 e. The van der Waals surface area contributed by atoms with Gasteiger partial charge in [0.2, 0.25) is 0 Å². The molecule has 222 valence electrons. The fourth-order valence-electron chi connectivity index (χ4n) is 5.59. The first kappa shape index (κ1) is 29.3. The molecule has 2 atom stereocenters. The summed E-state index contributed by atoms with van der Waals surface area (Å²) in [4.78, 5) is 25.1. The van der Waals surface area contributed by atoms with E-state index in [9.17, 15) is 9.59 Å². The summed E-state index contributed by atoms with van der Waals surface area (Å²) in [5.41, 5.74) is 1.80. The van der Waals surface area contributed by atoms with Crippen molar-refractivity contribution in [2.75, 3.05) is 17.7 Å². The number of methoxy groups -OCH3 is 1. The van der Waals surface area contributed by atoms with E-state index in [1.165, 1.54) is 12.8 Å². The fourth-order valence-corrected chi connectivity index (χ4v) is 5.59. The average molecular weight is 573 g/mol. The zero-order valence-electron chi connectivity index (χ0n) is 24.4. The zero-order chi connectivity index (χ0) is 29.5. The highest BCUT2D eigenvalue weighted by atomic mass is 16.5. The molecule has 42 heavy (non-hydrogen) atoms. The number of hydrogen-bond acceptors (Lipinski definition) is 6. The molecule has 9 heteroatoms. The molecule has 0 aliphatic carbocycles. The van der Waals surface area contributed by atoms with E-state index in [1.807, 2.05) is 26.0 Å². The first-order valence-corrected chi connectivity index (χ1v) is 14.8. The molecule has 9 nitrogen and oxygen atoms in total. The highest BCUT2D eigenvalue weighted by Gasteiger charge is 2.34. The average Bonchev–Trinajstić information content (AvgIpc) is 3.35. The predicted molar refractivity (Wildman–Crippen MR) is 164 cm³/mol. The summed E-state index contributed by atoms with van der Waals surface area (Å²) in [7, 11) is 1.55. The Hall–Kier alpha value is -4.24. The molecule has 5 rings (SSSR count). The second-order valence-electron chi connectivity index (χ2n) is 10.9. The minimum absolute atomic E-state index is 0.126. The van der Waals surface area contributed by atoms with E-state index < -0.39 is 0 Å². The smallest absolute Gasteiger partial charge is 0.319 e. The zero-order valence-corrected chi connectivity index (χ0v) is 24.4. The van der Waals surface area contributed by atoms with Crippen LogP contribution >= 0.6 is 0 Å². The lowest BCUT2D eigenvalue weighted by molar-refractivity contribution is 0.102. The molecule has 2 bridgehead atoms. The summed E-state index contributed by atoms with van der Waals surface area (Å²) in [6.07, 6.45) is 6.49. The highest BCUT2D eigenvalue weighted by molar-refractivity contribution is 6.04. The van der Waals surface area contributed by atoms with Crippen molar-refractivity contribution < 1.29 is 23.8 Å². The Kier molecular flexibility index (Phi) is 9.48. The van der Waals surface area contributed by atoms with E-state index >= 15 is 0 Å². The van der Waals surface area contributed by atoms with E-state index in [0.717, 1.165) is 31.4 Å². The Balaban J connectivity index is 1.13. The maximum absolute atomic E-state index is 12.8. The molecule has 4 N–H and O–H groups in total. The molecule has 0 saturated carbocycles. The molecule has 2 aliphatic heterocycles. The minimum atomic E-state index is -0.259. The van der Waals surface area contributed by atoms with Crippen molar-refractivity contribution >= 4 is 23.3 Å². The van der Waals surface area contributed by atoms with E-state index in [1.54, 1.807) is 61.7 Å². The van der Waals surface area contributed by atoms with Crippen molar-refractivity contribution in [2.24, 2.45) is 0 Å². The normalized spacial score (nSPS) is 19.2. The number of anilines is 2. The van der Waals surface area contributed by atoms with Gasteiger partial charge < -0.3 is 35.5 Å². The van der Waals surface area contributed by atoms with Crippen molar-refractivity contribution in [2.45, 2.75) is 76.6 Å². The second kappa shape index (κ2) is 13.6. The van der Waals surface area contributed by atoms with Crippen LogP contribution in [-0.2, 0) is 0 Å². The van der Waals surface area contributed by atoms with Crippen molar-refractivity contribution in [3.63, 3.8) is 0 Å². The van der Waals surface area contributed by atoms with Crippen LogP contribution in [0.5, 0.6) is 23.0 Å². The van der Waals surface area contributed by atoms with Gasteiger partial charge >= 0.3 is 6.03 Å². The Morgan fingerprint density at radius 2 is 1.48 bits per heavy atom. The van der Waals surface area contributed by atoms with Crippen LogP contribution in [0.2, 0.25) is 0 Å². The first-order chi connectivity index (χ1) is 20.4. The molecule has 2 aliphatic rings. The molecule has 3 amide bonds. The Bertz CT molecular complexity index is 1350. The van der Waals surface area contributed by atoms with Crippen molar-refractivity contribution in [1.29, 1.82) is 0 Å². The SMILES string of the molecule is CCC(CC)NC(=O)Nc1ccc(Oc2ccc(NC(=O)c3ccc(OC4CC5CCC(C4)N5)cc3)cc2)c(OC)c1. The van der Waals surface area contributed by atoms with E-state index in [0.29, 0.717) is 46.3 Å². The predicted octanol–water partition coefficient (Wildman–Crippen LogP) is 6.71. The van der Waals surface area contributed by atoms with Gasteiger partial charge in [0.05, 0.1) is 7.11 Å². The summed E-state index contributed by atoms with van der Waals surface area (Å²) in [6, 6.07) is 20.6. The van der Waals surface area contributed by atoms with E-state index in [4.69, 9.17) is 14.2 Å². The van der Waals surface area contributed by atoms with Crippen LogP contribution in [0.15, 0.2) is 66.7 Å². The van der Waals surface area contributed by atoms with Gasteiger partial charge in [-0.3, -0.25) is 4.79 Å². The molecule has 0 spiro atoms. The summed E-state index contributed by atoms with van der Waals surface area (Å²) in [6.45, 7) is 4.08. The molecule has 2 heterocycles. The fraction of sp³-hybridized carbons (Fsp3) is 0.394. The van der Waals surface area contributed by atoms with Crippen LogP contribution in [0.3, 0.4) is 0 Å². The van der Waals surface area contributed by atoms with Crippen LogP contribution in [0.25, 0.3) is 0 Å². The number of ether oxygens (including phenoxy) is 3. The molecule has 0 radical (unpaired) electrons. The molecule has 3 aromatic rings. The molecule has 3 aromatic carbocycles. The van der Waals surface area contributed by atoms with Crippen molar-refractivity contribution in [1.82, 2.24) is 10.6 Å². The van der Waals surface area contributed by atoms with Crippen LogP contribution in [-0.4, -0.2) is 43.3 Å². The van der Waals surface area contributed by atoms with Crippen molar-refractivity contribution in [3.8, 4) is 23.0 Å². The van der Waals surface area contributed by atoms with E-state index in [-0.39, 0.29) is 24.1 Å². The van der Waals surface area contributed by atoms with Gasteiger partial charge in [-0.15, -0.1) is 0 Å². The molecule has 0 aromatic heterocycles. The number of nitrogens with one attached hydrogen (secondary N) is 4. The topological polar surface area (TPSA) is 110 Å². The number of amides is 3.